The van der Waals surface area contributed by atoms with Crippen LogP contribution in [0.5, 0.6) is 0 Å². The zero-order valence-corrected chi connectivity index (χ0v) is 15.0. The quantitative estimate of drug-likeness (QED) is 0.814. The van der Waals surface area contributed by atoms with Gasteiger partial charge in [0.25, 0.3) is 0 Å². The third-order valence-electron chi connectivity index (χ3n) is 5.50. The van der Waals surface area contributed by atoms with E-state index in [1.165, 1.54) is 18.4 Å². The van der Waals surface area contributed by atoms with Crippen molar-refractivity contribution in [2.75, 3.05) is 0 Å². The van der Waals surface area contributed by atoms with E-state index in [1.807, 2.05) is 30.2 Å². The molecule has 2 fully saturated rings. The maximum absolute atomic E-state index is 6.16. The predicted molar refractivity (Wildman–Crippen MR) is 93.8 cm³/mol. The average Bonchev–Trinajstić information content (AvgIpc) is 3.24. The fourth-order valence-electron chi connectivity index (χ4n) is 3.02. The summed E-state index contributed by atoms with van der Waals surface area (Å²) in [5.74, 6) is 0.677. The highest BCUT2D eigenvalue weighted by Gasteiger charge is 2.52. The molecule has 1 aliphatic carbocycles. The van der Waals surface area contributed by atoms with Gasteiger partial charge in [-0.25, -0.2) is 4.68 Å². The Kier molecular flexibility index (Phi) is 3.41. The molecule has 0 unspecified atom stereocenters. The molecule has 1 aliphatic heterocycles. The molecule has 0 spiro atoms. The molecule has 0 aromatic carbocycles. The van der Waals surface area contributed by atoms with Crippen LogP contribution in [0.15, 0.2) is 24.7 Å². The van der Waals surface area contributed by atoms with Gasteiger partial charge in [0.1, 0.15) is 0 Å². The molecule has 2 aromatic heterocycles. The lowest BCUT2D eigenvalue weighted by Gasteiger charge is -2.32. The van der Waals surface area contributed by atoms with Gasteiger partial charge in [-0.1, -0.05) is 0 Å². The Morgan fingerprint density at radius 2 is 1.79 bits per heavy atom. The Balaban J connectivity index is 1.65. The molecule has 0 amide bonds. The zero-order valence-electron chi connectivity index (χ0n) is 15.0. The van der Waals surface area contributed by atoms with Crippen molar-refractivity contribution in [3.05, 3.63) is 35.9 Å². The fourth-order valence-corrected chi connectivity index (χ4v) is 3.02. The van der Waals surface area contributed by atoms with Gasteiger partial charge in [0.05, 0.1) is 28.8 Å². The van der Waals surface area contributed by atoms with Crippen molar-refractivity contribution in [3.8, 4) is 5.69 Å². The minimum atomic E-state index is -0.386. The predicted octanol–water partition coefficient (Wildman–Crippen LogP) is 2.75. The molecular formula is C18H24BN3O2. The molecule has 2 aromatic rings. The van der Waals surface area contributed by atoms with E-state index in [9.17, 15) is 0 Å². The minimum absolute atomic E-state index is 0.348. The summed E-state index contributed by atoms with van der Waals surface area (Å²) < 4.78 is 14.2. The van der Waals surface area contributed by atoms with Crippen LogP contribution in [0.2, 0.25) is 0 Å². The van der Waals surface area contributed by atoms with Gasteiger partial charge in [-0.2, -0.15) is 5.10 Å². The van der Waals surface area contributed by atoms with Gasteiger partial charge in [0.2, 0.25) is 0 Å². The van der Waals surface area contributed by atoms with Crippen LogP contribution in [0.25, 0.3) is 5.69 Å². The van der Waals surface area contributed by atoms with Gasteiger partial charge < -0.3 is 9.31 Å². The average molecular weight is 325 g/mol. The Bertz CT molecular complexity index is 764. The van der Waals surface area contributed by atoms with E-state index in [2.05, 4.69) is 43.8 Å². The first-order valence-corrected chi connectivity index (χ1v) is 8.64. The molecule has 0 bridgehead atoms. The Morgan fingerprint density at radius 1 is 1.12 bits per heavy atom. The van der Waals surface area contributed by atoms with Crippen molar-refractivity contribution in [1.29, 1.82) is 0 Å². The minimum Gasteiger partial charge on any atom is -0.399 e. The molecule has 2 aliphatic rings. The lowest BCUT2D eigenvalue weighted by Crippen LogP contribution is -2.41. The van der Waals surface area contributed by atoms with Crippen LogP contribution in [0.4, 0.5) is 0 Å². The van der Waals surface area contributed by atoms with E-state index < -0.39 is 0 Å². The molecule has 1 saturated heterocycles. The van der Waals surface area contributed by atoms with Gasteiger partial charge >= 0.3 is 7.12 Å². The smallest absolute Gasteiger partial charge is 0.399 e. The van der Waals surface area contributed by atoms with Gasteiger partial charge in [0.15, 0.2) is 0 Å². The fraction of sp³-hybridized carbons (Fsp3) is 0.556. The third-order valence-corrected chi connectivity index (χ3v) is 5.50. The van der Waals surface area contributed by atoms with Crippen molar-refractivity contribution in [3.63, 3.8) is 0 Å². The van der Waals surface area contributed by atoms with E-state index in [1.54, 1.807) is 0 Å². The van der Waals surface area contributed by atoms with Crippen LogP contribution in [-0.4, -0.2) is 33.1 Å². The first-order valence-electron chi connectivity index (χ1n) is 8.64. The number of hydrogen-bond acceptors (Lipinski definition) is 4. The number of nitrogens with zero attached hydrogens (tertiary/aromatic N) is 3. The van der Waals surface area contributed by atoms with E-state index in [0.29, 0.717) is 5.92 Å². The summed E-state index contributed by atoms with van der Waals surface area (Å²) in [6.45, 7) is 10.3. The van der Waals surface area contributed by atoms with E-state index in [4.69, 9.17) is 9.31 Å². The second-order valence-corrected chi connectivity index (χ2v) is 7.95. The first-order chi connectivity index (χ1) is 11.3. The van der Waals surface area contributed by atoms with Crippen molar-refractivity contribution < 1.29 is 9.31 Å². The second-order valence-electron chi connectivity index (χ2n) is 7.95. The summed E-state index contributed by atoms with van der Waals surface area (Å²) in [5.41, 5.74) is 3.50. The van der Waals surface area contributed by atoms with Crippen LogP contribution < -0.4 is 5.46 Å². The Labute approximate surface area is 143 Å². The maximum atomic E-state index is 6.16. The number of rotatable bonds is 3. The molecule has 0 atom stereocenters. The standard InChI is InChI=1S/C18H24BN3O2/c1-12-16(19-23-17(2,3)18(4,5)24-19)11-22(21-12)15-8-14(9-20-10-15)13-6-7-13/h8-11,13H,6-7H2,1-5H3. The van der Waals surface area contributed by atoms with Gasteiger partial charge in [-0.05, 0) is 65.0 Å². The van der Waals surface area contributed by atoms with Gasteiger partial charge in [-0.15, -0.1) is 0 Å². The second kappa shape index (κ2) is 5.17. The number of aryl methyl sites for hydroxylation is 1. The molecule has 6 heteroatoms. The molecule has 0 radical (unpaired) electrons. The molecule has 0 N–H and O–H groups in total. The van der Waals surface area contributed by atoms with Crippen LogP contribution in [0, 0.1) is 6.92 Å². The maximum Gasteiger partial charge on any atom is 0.498 e. The summed E-state index contributed by atoms with van der Waals surface area (Å²) in [6.07, 6.45) is 8.36. The van der Waals surface area contributed by atoms with E-state index in [0.717, 1.165) is 16.8 Å². The van der Waals surface area contributed by atoms with Crippen molar-refractivity contribution in [1.82, 2.24) is 14.8 Å². The van der Waals surface area contributed by atoms with Gasteiger partial charge in [0, 0.05) is 17.9 Å². The number of pyridine rings is 1. The van der Waals surface area contributed by atoms with Gasteiger partial charge in [-0.3, -0.25) is 4.98 Å². The first kappa shape index (κ1) is 15.8. The highest BCUT2D eigenvalue weighted by atomic mass is 16.7. The molecule has 126 valence electrons. The number of aromatic nitrogens is 3. The highest BCUT2D eigenvalue weighted by Crippen LogP contribution is 2.40. The SMILES string of the molecule is Cc1nn(-c2cncc(C3CC3)c2)cc1B1OC(C)(C)C(C)(C)O1. The molecule has 3 heterocycles. The summed E-state index contributed by atoms with van der Waals surface area (Å²) in [5, 5.41) is 4.66. The molecule has 4 rings (SSSR count). The van der Waals surface area contributed by atoms with Crippen molar-refractivity contribution in [2.24, 2.45) is 0 Å². The highest BCUT2D eigenvalue weighted by molar-refractivity contribution is 6.62. The molecule has 1 saturated carbocycles. The normalized spacial score (nSPS) is 22.1. The Morgan fingerprint density at radius 3 is 2.42 bits per heavy atom. The molecule has 5 nitrogen and oxygen atoms in total. The summed E-state index contributed by atoms with van der Waals surface area (Å²) >= 11 is 0. The largest absolute Gasteiger partial charge is 0.498 e. The summed E-state index contributed by atoms with van der Waals surface area (Å²) in [4.78, 5) is 4.38. The number of hydrogen-bond donors (Lipinski definition) is 0. The summed E-state index contributed by atoms with van der Waals surface area (Å²) in [6, 6.07) is 2.19. The monoisotopic (exact) mass is 325 g/mol. The zero-order chi connectivity index (χ0) is 17.1. The van der Waals surface area contributed by atoms with E-state index in [-0.39, 0.29) is 18.3 Å². The third kappa shape index (κ3) is 2.58. The lowest BCUT2D eigenvalue weighted by atomic mass is 9.79. The van der Waals surface area contributed by atoms with Crippen LogP contribution >= 0.6 is 0 Å². The molecule has 24 heavy (non-hydrogen) atoms. The summed E-state index contributed by atoms with van der Waals surface area (Å²) in [7, 11) is -0.386. The van der Waals surface area contributed by atoms with E-state index >= 15 is 0 Å². The lowest BCUT2D eigenvalue weighted by molar-refractivity contribution is 0.00578. The van der Waals surface area contributed by atoms with Crippen molar-refractivity contribution >= 4 is 12.6 Å². The Hall–Kier alpha value is -1.66. The molecular weight excluding hydrogens is 301 g/mol. The van der Waals surface area contributed by atoms with Crippen LogP contribution in [0.3, 0.4) is 0 Å². The van der Waals surface area contributed by atoms with Crippen LogP contribution in [0.1, 0.15) is 57.7 Å². The van der Waals surface area contributed by atoms with Crippen LogP contribution in [-0.2, 0) is 9.31 Å². The topological polar surface area (TPSA) is 49.2 Å². The van der Waals surface area contributed by atoms with Crippen molar-refractivity contribution in [2.45, 2.75) is 64.6 Å².